The third-order valence-electron chi connectivity index (χ3n) is 3.82. The Labute approximate surface area is 153 Å². The molecule has 25 heavy (non-hydrogen) atoms. The first-order valence-electron chi connectivity index (χ1n) is 8.45. The highest BCUT2D eigenvalue weighted by molar-refractivity contribution is 8.13. The van der Waals surface area contributed by atoms with Crippen molar-refractivity contribution in [2.45, 2.75) is 38.7 Å². The lowest BCUT2D eigenvalue weighted by molar-refractivity contribution is 0.262. The van der Waals surface area contributed by atoms with Crippen LogP contribution in [-0.2, 0) is 13.0 Å². The molecule has 0 aromatic heterocycles. The van der Waals surface area contributed by atoms with Crippen molar-refractivity contribution in [1.82, 2.24) is 5.32 Å². The van der Waals surface area contributed by atoms with Crippen LogP contribution in [0.2, 0.25) is 0 Å². The minimum absolute atomic E-state index is 0.113. The molecule has 2 rings (SSSR count). The first kappa shape index (κ1) is 19.2. The van der Waals surface area contributed by atoms with Crippen LogP contribution < -0.4 is 14.8 Å². The fourth-order valence-electron chi connectivity index (χ4n) is 2.47. The number of carbonyl (C=O) groups is 1. The van der Waals surface area contributed by atoms with Crippen LogP contribution in [0, 0.1) is 6.92 Å². The van der Waals surface area contributed by atoms with Crippen molar-refractivity contribution in [2.24, 2.45) is 0 Å². The van der Waals surface area contributed by atoms with Crippen molar-refractivity contribution in [3.8, 4) is 11.5 Å². The number of aryl methyl sites for hydroxylation is 2. The van der Waals surface area contributed by atoms with Crippen molar-refractivity contribution >= 4 is 17.0 Å². The van der Waals surface area contributed by atoms with Gasteiger partial charge >= 0.3 is 0 Å². The highest BCUT2D eigenvalue weighted by Crippen LogP contribution is 2.32. The molecule has 2 aromatic carbocycles. The maximum atomic E-state index is 11.8. The van der Waals surface area contributed by atoms with Gasteiger partial charge in [0.25, 0.3) is 5.24 Å². The summed E-state index contributed by atoms with van der Waals surface area (Å²) >= 11 is 1.15. The van der Waals surface area contributed by atoms with Crippen LogP contribution in [0.5, 0.6) is 11.5 Å². The summed E-state index contributed by atoms with van der Waals surface area (Å²) in [6, 6.07) is 11.9. The van der Waals surface area contributed by atoms with Crippen LogP contribution in [-0.4, -0.2) is 18.9 Å². The summed E-state index contributed by atoms with van der Waals surface area (Å²) in [5.74, 6) is 1.60. The third kappa shape index (κ3) is 5.16. The van der Waals surface area contributed by atoms with Crippen LogP contribution in [0.25, 0.3) is 0 Å². The van der Waals surface area contributed by atoms with Crippen LogP contribution in [0.3, 0.4) is 0 Å². The summed E-state index contributed by atoms with van der Waals surface area (Å²) in [5, 5.41) is 2.52. The average molecular weight is 359 g/mol. The second-order valence-electron chi connectivity index (χ2n) is 5.55. The third-order valence-corrected chi connectivity index (χ3v) is 4.81. The number of benzene rings is 2. The van der Waals surface area contributed by atoms with E-state index in [4.69, 9.17) is 9.47 Å². The Morgan fingerprint density at radius 1 is 1.12 bits per heavy atom. The second-order valence-corrected chi connectivity index (χ2v) is 6.56. The molecule has 0 saturated carbocycles. The van der Waals surface area contributed by atoms with E-state index in [9.17, 15) is 4.79 Å². The summed E-state index contributed by atoms with van der Waals surface area (Å²) in [5.41, 5.74) is 3.28. The first-order chi connectivity index (χ1) is 12.1. The molecule has 1 N–H and O–H groups in total. The molecular weight excluding hydrogens is 334 g/mol. The number of hydrogen-bond donors (Lipinski definition) is 1. The maximum absolute atomic E-state index is 11.8. The molecule has 1 amide bonds. The normalized spacial score (nSPS) is 10.4. The number of thioether (sulfide) groups is 1. The van der Waals surface area contributed by atoms with E-state index < -0.39 is 0 Å². The average Bonchev–Trinajstić information content (AvgIpc) is 2.62. The van der Waals surface area contributed by atoms with Gasteiger partial charge in [0.2, 0.25) is 0 Å². The van der Waals surface area contributed by atoms with Crippen molar-refractivity contribution < 1.29 is 14.3 Å². The van der Waals surface area contributed by atoms with E-state index in [-0.39, 0.29) is 5.24 Å². The SMILES string of the molecule is CCOc1cccc(SC(=O)NC)c1COc1ccc(CC)cc1C. The molecule has 2 aromatic rings. The minimum Gasteiger partial charge on any atom is -0.493 e. The number of nitrogens with one attached hydrogen (secondary N) is 1. The summed E-state index contributed by atoms with van der Waals surface area (Å²) in [6.45, 7) is 7.03. The molecule has 0 aliphatic carbocycles. The van der Waals surface area contributed by atoms with E-state index in [2.05, 4.69) is 24.4 Å². The second kappa shape index (κ2) is 9.37. The number of carbonyl (C=O) groups excluding carboxylic acids is 1. The molecule has 134 valence electrons. The summed E-state index contributed by atoms with van der Waals surface area (Å²) in [6.07, 6.45) is 1.00. The van der Waals surface area contributed by atoms with E-state index in [0.717, 1.165) is 45.7 Å². The van der Waals surface area contributed by atoms with E-state index in [0.29, 0.717) is 13.2 Å². The summed E-state index contributed by atoms with van der Waals surface area (Å²) < 4.78 is 11.8. The zero-order valence-corrected chi connectivity index (χ0v) is 16.0. The van der Waals surface area contributed by atoms with Crippen LogP contribution in [0.4, 0.5) is 4.79 Å². The van der Waals surface area contributed by atoms with E-state index in [1.54, 1.807) is 7.05 Å². The number of ether oxygens (including phenoxy) is 2. The van der Waals surface area contributed by atoms with Gasteiger partial charge < -0.3 is 14.8 Å². The molecule has 0 atom stereocenters. The van der Waals surface area contributed by atoms with Gasteiger partial charge in [0.1, 0.15) is 18.1 Å². The summed E-state index contributed by atoms with van der Waals surface area (Å²) in [4.78, 5) is 12.6. The number of amides is 1. The Bertz CT molecular complexity index is 731. The van der Waals surface area contributed by atoms with Gasteiger partial charge in [0.15, 0.2) is 0 Å². The van der Waals surface area contributed by atoms with Gasteiger partial charge in [-0.15, -0.1) is 0 Å². The van der Waals surface area contributed by atoms with E-state index >= 15 is 0 Å². The number of hydrogen-bond acceptors (Lipinski definition) is 4. The molecule has 0 heterocycles. The zero-order valence-electron chi connectivity index (χ0n) is 15.2. The molecule has 0 spiro atoms. The lowest BCUT2D eigenvalue weighted by atomic mass is 10.1. The Morgan fingerprint density at radius 3 is 2.56 bits per heavy atom. The quantitative estimate of drug-likeness (QED) is 0.709. The largest absolute Gasteiger partial charge is 0.493 e. The Hall–Kier alpha value is -2.14. The molecular formula is C20H25NO3S. The monoisotopic (exact) mass is 359 g/mol. The van der Waals surface area contributed by atoms with Gasteiger partial charge in [-0.25, -0.2) is 0 Å². The highest BCUT2D eigenvalue weighted by Gasteiger charge is 2.14. The van der Waals surface area contributed by atoms with Gasteiger partial charge in [0.05, 0.1) is 6.61 Å². The molecule has 0 fully saturated rings. The first-order valence-corrected chi connectivity index (χ1v) is 9.27. The van der Waals surface area contributed by atoms with Gasteiger partial charge in [-0.3, -0.25) is 4.79 Å². The predicted molar refractivity (Wildman–Crippen MR) is 103 cm³/mol. The molecule has 0 saturated heterocycles. The lowest BCUT2D eigenvalue weighted by Crippen LogP contribution is -2.12. The molecule has 0 radical (unpaired) electrons. The van der Waals surface area contributed by atoms with Crippen LogP contribution >= 0.6 is 11.8 Å². The van der Waals surface area contributed by atoms with Gasteiger partial charge in [-0.05, 0) is 61.4 Å². The van der Waals surface area contributed by atoms with Crippen molar-refractivity contribution in [3.05, 3.63) is 53.1 Å². The van der Waals surface area contributed by atoms with Crippen LogP contribution in [0.15, 0.2) is 41.3 Å². The molecule has 0 bridgehead atoms. The highest BCUT2D eigenvalue weighted by atomic mass is 32.2. The molecule has 0 aliphatic heterocycles. The zero-order chi connectivity index (χ0) is 18.2. The maximum Gasteiger partial charge on any atom is 0.283 e. The summed E-state index contributed by atoms with van der Waals surface area (Å²) in [7, 11) is 1.62. The van der Waals surface area contributed by atoms with Gasteiger partial charge in [-0.1, -0.05) is 25.1 Å². The predicted octanol–water partition coefficient (Wildman–Crippen LogP) is 4.97. The van der Waals surface area contributed by atoms with Crippen molar-refractivity contribution in [1.29, 1.82) is 0 Å². The number of rotatable bonds is 7. The molecule has 4 nitrogen and oxygen atoms in total. The lowest BCUT2D eigenvalue weighted by Gasteiger charge is -2.16. The van der Waals surface area contributed by atoms with Crippen molar-refractivity contribution in [2.75, 3.05) is 13.7 Å². The van der Waals surface area contributed by atoms with E-state index in [1.807, 2.05) is 38.1 Å². The molecule has 0 unspecified atom stereocenters. The van der Waals surface area contributed by atoms with Gasteiger partial charge in [0, 0.05) is 17.5 Å². The smallest absolute Gasteiger partial charge is 0.283 e. The minimum atomic E-state index is -0.113. The van der Waals surface area contributed by atoms with Crippen molar-refractivity contribution in [3.63, 3.8) is 0 Å². The fourth-order valence-corrected chi connectivity index (χ4v) is 3.20. The fraction of sp³-hybridized carbons (Fsp3) is 0.350. The molecule has 5 heteroatoms. The van der Waals surface area contributed by atoms with Gasteiger partial charge in [-0.2, -0.15) is 0 Å². The standard InChI is InChI=1S/C20H25NO3S/c1-5-15-10-11-17(14(3)12-15)24-13-16-18(23-6-2)8-7-9-19(16)25-20(22)21-4/h7-12H,5-6,13H2,1-4H3,(H,21,22). The topological polar surface area (TPSA) is 47.6 Å². The van der Waals surface area contributed by atoms with E-state index in [1.165, 1.54) is 5.56 Å². The van der Waals surface area contributed by atoms with Crippen LogP contribution in [0.1, 0.15) is 30.5 Å². The molecule has 0 aliphatic rings. The Kier molecular flexibility index (Phi) is 7.19. The Morgan fingerprint density at radius 2 is 1.92 bits per heavy atom. The Balaban J connectivity index is 2.25.